The van der Waals surface area contributed by atoms with Gasteiger partial charge in [-0.1, -0.05) is 24.8 Å². The Morgan fingerprint density at radius 1 is 1.50 bits per heavy atom. The highest BCUT2D eigenvalue weighted by molar-refractivity contribution is 7.99. The maximum absolute atomic E-state index is 10.8. The van der Waals surface area contributed by atoms with Crippen molar-refractivity contribution in [2.24, 2.45) is 0 Å². The number of carbonyl (C=O) groups is 1. The molecule has 86 valence electrons. The molecule has 0 aliphatic rings. The summed E-state index contributed by atoms with van der Waals surface area (Å²) in [5.74, 6) is 0.297. The van der Waals surface area contributed by atoms with Gasteiger partial charge in [-0.3, -0.25) is 4.79 Å². The molecule has 0 bridgehead atoms. The van der Waals surface area contributed by atoms with Crippen LogP contribution < -0.4 is 5.32 Å². The number of benzene rings is 1. The molecular formula is C12H15NO2S. The number of aliphatic hydroxyl groups excluding tert-OH is 1. The van der Waals surface area contributed by atoms with Gasteiger partial charge in [-0.25, -0.2) is 0 Å². The lowest BCUT2D eigenvalue weighted by atomic mass is 10.4. The lowest BCUT2D eigenvalue weighted by Gasteiger charge is -2.10. The Balaban J connectivity index is 2.22. The molecule has 2 N–H and O–H groups in total. The van der Waals surface area contributed by atoms with Crippen molar-refractivity contribution < 1.29 is 9.90 Å². The molecule has 1 rings (SSSR count). The third-order valence-electron chi connectivity index (χ3n) is 1.88. The highest BCUT2D eigenvalue weighted by atomic mass is 32.2. The third kappa shape index (κ3) is 5.00. The van der Waals surface area contributed by atoms with E-state index < -0.39 is 6.10 Å². The van der Waals surface area contributed by atoms with Crippen molar-refractivity contribution in [3.8, 4) is 0 Å². The number of nitrogens with one attached hydrogen (secondary N) is 1. The first-order chi connectivity index (χ1) is 7.72. The van der Waals surface area contributed by atoms with Gasteiger partial charge >= 0.3 is 0 Å². The monoisotopic (exact) mass is 237 g/mol. The van der Waals surface area contributed by atoms with Gasteiger partial charge in [-0.2, -0.15) is 0 Å². The summed E-state index contributed by atoms with van der Waals surface area (Å²) in [6.45, 7) is 3.59. The second-order valence-corrected chi connectivity index (χ2v) is 4.32. The van der Waals surface area contributed by atoms with Gasteiger partial charge in [0.25, 0.3) is 0 Å². The molecule has 0 heterocycles. The standard InChI is InChI=1S/C12H15NO2S/c1-2-12(15)13-8-10(14)9-16-11-6-4-3-5-7-11/h2-7,10,14H,1,8-9H2,(H,13,15). The topological polar surface area (TPSA) is 49.3 Å². The smallest absolute Gasteiger partial charge is 0.243 e. The van der Waals surface area contributed by atoms with Crippen molar-refractivity contribution >= 4 is 17.7 Å². The van der Waals surface area contributed by atoms with Crippen LogP contribution in [0.15, 0.2) is 47.9 Å². The molecule has 1 aromatic rings. The molecule has 0 saturated heterocycles. The second kappa shape index (κ2) is 7.09. The summed E-state index contributed by atoms with van der Waals surface area (Å²) in [5.41, 5.74) is 0. The largest absolute Gasteiger partial charge is 0.390 e. The van der Waals surface area contributed by atoms with Gasteiger partial charge in [0.05, 0.1) is 6.10 Å². The minimum Gasteiger partial charge on any atom is -0.390 e. The van der Waals surface area contributed by atoms with Crippen molar-refractivity contribution in [3.63, 3.8) is 0 Å². The van der Waals surface area contributed by atoms with E-state index in [-0.39, 0.29) is 12.5 Å². The molecule has 0 radical (unpaired) electrons. The molecule has 0 aliphatic heterocycles. The fourth-order valence-electron chi connectivity index (χ4n) is 1.06. The first kappa shape index (κ1) is 12.8. The van der Waals surface area contributed by atoms with Crippen LogP contribution in [-0.2, 0) is 4.79 Å². The summed E-state index contributed by atoms with van der Waals surface area (Å²) in [7, 11) is 0. The van der Waals surface area contributed by atoms with E-state index in [0.29, 0.717) is 5.75 Å². The number of carbonyl (C=O) groups excluding carboxylic acids is 1. The molecule has 4 heteroatoms. The zero-order valence-corrected chi connectivity index (χ0v) is 9.74. The van der Waals surface area contributed by atoms with E-state index in [0.717, 1.165) is 4.90 Å². The minimum atomic E-state index is -0.547. The van der Waals surface area contributed by atoms with E-state index in [1.807, 2.05) is 30.3 Å². The molecule has 0 aliphatic carbocycles. The first-order valence-electron chi connectivity index (χ1n) is 4.98. The van der Waals surface area contributed by atoms with Crippen LogP contribution in [0.5, 0.6) is 0 Å². The van der Waals surface area contributed by atoms with Crippen LogP contribution in [0.2, 0.25) is 0 Å². The number of hydrogen-bond acceptors (Lipinski definition) is 3. The van der Waals surface area contributed by atoms with Crippen LogP contribution in [0.3, 0.4) is 0 Å². The lowest BCUT2D eigenvalue weighted by Crippen LogP contribution is -2.32. The third-order valence-corrected chi connectivity index (χ3v) is 3.04. The molecule has 1 aromatic carbocycles. The summed E-state index contributed by atoms with van der Waals surface area (Å²) >= 11 is 1.56. The highest BCUT2D eigenvalue weighted by Crippen LogP contribution is 2.17. The fourth-order valence-corrected chi connectivity index (χ4v) is 1.91. The highest BCUT2D eigenvalue weighted by Gasteiger charge is 2.05. The van der Waals surface area contributed by atoms with Crippen LogP contribution in [-0.4, -0.2) is 29.4 Å². The van der Waals surface area contributed by atoms with E-state index in [4.69, 9.17) is 0 Å². The van der Waals surface area contributed by atoms with E-state index in [2.05, 4.69) is 11.9 Å². The number of rotatable bonds is 6. The van der Waals surface area contributed by atoms with Gasteiger partial charge in [-0.15, -0.1) is 11.8 Å². The summed E-state index contributed by atoms with van der Waals surface area (Å²) in [6.07, 6.45) is 0.644. The number of hydrogen-bond donors (Lipinski definition) is 2. The second-order valence-electron chi connectivity index (χ2n) is 3.23. The predicted octanol–water partition coefficient (Wildman–Crippen LogP) is 1.44. The molecular weight excluding hydrogens is 222 g/mol. The lowest BCUT2D eigenvalue weighted by molar-refractivity contribution is -0.116. The number of aliphatic hydroxyl groups is 1. The molecule has 0 aromatic heterocycles. The summed E-state index contributed by atoms with van der Waals surface area (Å²) in [6, 6.07) is 9.83. The molecule has 1 unspecified atom stereocenters. The van der Waals surface area contributed by atoms with Crippen LogP contribution in [0.1, 0.15) is 0 Å². The van der Waals surface area contributed by atoms with E-state index >= 15 is 0 Å². The van der Waals surface area contributed by atoms with Crippen LogP contribution in [0.25, 0.3) is 0 Å². The Bertz CT molecular complexity index is 340. The van der Waals surface area contributed by atoms with Gasteiger partial charge in [0.1, 0.15) is 0 Å². The molecule has 0 saturated carbocycles. The van der Waals surface area contributed by atoms with Crippen LogP contribution in [0, 0.1) is 0 Å². The van der Waals surface area contributed by atoms with Gasteiger partial charge in [0.2, 0.25) is 5.91 Å². The van der Waals surface area contributed by atoms with Crippen molar-refractivity contribution in [2.45, 2.75) is 11.0 Å². The molecule has 3 nitrogen and oxygen atoms in total. The average molecular weight is 237 g/mol. The number of amides is 1. The van der Waals surface area contributed by atoms with E-state index in [1.165, 1.54) is 6.08 Å². The Kier molecular flexibility index (Phi) is 5.67. The summed E-state index contributed by atoms with van der Waals surface area (Å²) < 4.78 is 0. The fraction of sp³-hybridized carbons (Fsp3) is 0.250. The van der Waals surface area contributed by atoms with Gasteiger partial charge in [-0.05, 0) is 18.2 Å². The van der Waals surface area contributed by atoms with Gasteiger partial charge in [0, 0.05) is 17.2 Å². The Hall–Kier alpha value is -1.26. The molecule has 1 atom stereocenters. The van der Waals surface area contributed by atoms with Crippen LogP contribution >= 0.6 is 11.8 Å². The maximum Gasteiger partial charge on any atom is 0.243 e. The number of thioether (sulfide) groups is 1. The van der Waals surface area contributed by atoms with Crippen molar-refractivity contribution in [3.05, 3.63) is 43.0 Å². The molecule has 16 heavy (non-hydrogen) atoms. The summed E-state index contributed by atoms with van der Waals surface area (Å²) in [5, 5.41) is 12.1. The SMILES string of the molecule is C=CC(=O)NCC(O)CSc1ccccc1. The molecule has 0 spiro atoms. The van der Waals surface area contributed by atoms with E-state index in [1.54, 1.807) is 11.8 Å². The average Bonchev–Trinajstić information content (AvgIpc) is 2.34. The Morgan fingerprint density at radius 3 is 2.81 bits per heavy atom. The quantitative estimate of drug-likeness (QED) is 0.581. The Labute approximate surface area is 99.6 Å². The molecule has 0 fully saturated rings. The van der Waals surface area contributed by atoms with Crippen molar-refractivity contribution in [1.29, 1.82) is 0 Å². The van der Waals surface area contributed by atoms with Crippen molar-refractivity contribution in [1.82, 2.24) is 5.32 Å². The first-order valence-corrected chi connectivity index (χ1v) is 5.97. The molecule has 1 amide bonds. The van der Waals surface area contributed by atoms with E-state index in [9.17, 15) is 9.90 Å². The minimum absolute atomic E-state index is 0.255. The van der Waals surface area contributed by atoms with Crippen molar-refractivity contribution in [2.75, 3.05) is 12.3 Å². The van der Waals surface area contributed by atoms with Crippen LogP contribution in [0.4, 0.5) is 0 Å². The zero-order chi connectivity index (χ0) is 11.8. The van der Waals surface area contributed by atoms with Gasteiger partial charge < -0.3 is 10.4 Å². The zero-order valence-electron chi connectivity index (χ0n) is 8.93. The Morgan fingerprint density at radius 2 is 2.19 bits per heavy atom. The maximum atomic E-state index is 10.8. The normalized spacial score (nSPS) is 11.8. The summed E-state index contributed by atoms with van der Waals surface area (Å²) in [4.78, 5) is 12.0. The predicted molar refractivity (Wildman–Crippen MR) is 66.4 cm³/mol. The van der Waals surface area contributed by atoms with Gasteiger partial charge in [0.15, 0.2) is 0 Å².